The molecule has 0 spiro atoms. The fraction of sp³-hybridized carbons (Fsp3) is 0.478. The van der Waals surface area contributed by atoms with Gasteiger partial charge in [-0.1, -0.05) is 13.3 Å². The maximum atomic E-state index is 12.4. The van der Waals surface area contributed by atoms with Gasteiger partial charge in [0.05, 0.1) is 11.4 Å². The molecule has 6 nitrogen and oxygen atoms in total. The molecule has 0 atom stereocenters. The molecule has 0 amide bonds. The minimum absolute atomic E-state index is 0.0714. The van der Waals surface area contributed by atoms with E-state index in [9.17, 15) is 9.59 Å². The van der Waals surface area contributed by atoms with Gasteiger partial charge in [-0.25, -0.2) is 0 Å². The molecule has 2 aromatic heterocycles. The van der Waals surface area contributed by atoms with E-state index in [0.29, 0.717) is 42.0 Å². The maximum absolute atomic E-state index is 12.4. The molecule has 0 aliphatic heterocycles. The first-order chi connectivity index (χ1) is 14.4. The van der Waals surface area contributed by atoms with E-state index in [1.807, 2.05) is 13.1 Å². The van der Waals surface area contributed by atoms with E-state index in [0.717, 1.165) is 25.7 Å². The second-order valence-electron chi connectivity index (χ2n) is 7.72. The topological polar surface area (TPSA) is 78.4 Å². The molecule has 0 saturated carbocycles. The standard InChI is InChI=1S/C23H32N2O4Si/c1-5-6-9-22(26)18-11-13-20(24-16-18)21-14-12-19(17-25-21)23(27)10-7-8-15-29-30(3,4)28-2/h11-14,16-17H,5-10,15H2,1-4H3. The molecule has 0 radical (unpaired) electrons. The molecule has 0 aromatic carbocycles. The molecular formula is C23H32N2O4Si. The number of Topliss-reactive ketones (excluding diaryl/α,β-unsaturated/α-hetero) is 2. The number of aromatic nitrogens is 2. The molecule has 0 N–H and O–H groups in total. The predicted octanol–water partition coefficient (Wildman–Crippen LogP) is 5.23. The lowest BCUT2D eigenvalue weighted by atomic mass is 10.1. The summed E-state index contributed by atoms with van der Waals surface area (Å²) in [6, 6.07) is 7.17. The van der Waals surface area contributed by atoms with Crippen LogP contribution in [0.4, 0.5) is 0 Å². The Morgan fingerprint density at radius 3 is 1.83 bits per heavy atom. The molecule has 2 aromatic rings. The average molecular weight is 429 g/mol. The molecule has 162 valence electrons. The minimum Gasteiger partial charge on any atom is -0.398 e. The predicted molar refractivity (Wildman–Crippen MR) is 120 cm³/mol. The Hall–Kier alpha value is -2.22. The Labute approximate surface area is 180 Å². The summed E-state index contributed by atoms with van der Waals surface area (Å²) in [5, 5.41) is 0. The van der Waals surface area contributed by atoms with Crippen LogP contribution in [0.15, 0.2) is 36.7 Å². The number of nitrogens with zero attached hydrogens (tertiary/aromatic N) is 2. The molecule has 0 aliphatic rings. The summed E-state index contributed by atoms with van der Waals surface area (Å²) >= 11 is 0. The van der Waals surface area contributed by atoms with Crippen molar-refractivity contribution >= 4 is 20.1 Å². The summed E-state index contributed by atoms with van der Waals surface area (Å²) < 4.78 is 11.1. The van der Waals surface area contributed by atoms with Gasteiger partial charge in [-0.3, -0.25) is 19.6 Å². The van der Waals surface area contributed by atoms with Crippen LogP contribution in [0.3, 0.4) is 0 Å². The quantitative estimate of drug-likeness (QED) is 0.247. The molecule has 0 bridgehead atoms. The van der Waals surface area contributed by atoms with Gasteiger partial charge in [-0.15, -0.1) is 0 Å². The third kappa shape index (κ3) is 7.55. The van der Waals surface area contributed by atoms with Gasteiger partial charge in [0.1, 0.15) is 0 Å². The summed E-state index contributed by atoms with van der Waals surface area (Å²) in [6.45, 7) is 6.67. The van der Waals surface area contributed by atoms with Crippen LogP contribution in [0.1, 0.15) is 66.2 Å². The molecule has 2 heterocycles. The van der Waals surface area contributed by atoms with Crippen molar-refractivity contribution in [1.29, 1.82) is 0 Å². The van der Waals surface area contributed by atoms with E-state index < -0.39 is 8.56 Å². The Bertz CT molecular complexity index is 820. The molecular weight excluding hydrogens is 396 g/mol. The lowest BCUT2D eigenvalue weighted by molar-refractivity contribution is 0.0969. The van der Waals surface area contributed by atoms with Crippen molar-refractivity contribution in [3.8, 4) is 11.4 Å². The highest BCUT2D eigenvalue weighted by Crippen LogP contribution is 2.17. The van der Waals surface area contributed by atoms with Gasteiger partial charge in [-0.2, -0.15) is 0 Å². The highest BCUT2D eigenvalue weighted by molar-refractivity contribution is 6.64. The zero-order chi connectivity index (χ0) is 22.0. The van der Waals surface area contributed by atoms with Gasteiger partial charge in [0.15, 0.2) is 11.6 Å². The van der Waals surface area contributed by atoms with Crippen molar-refractivity contribution < 1.29 is 18.4 Å². The number of ketones is 2. The largest absolute Gasteiger partial charge is 0.398 e. The summed E-state index contributed by atoms with van der Waals surface area (Å²) in [4.78, 5) is 33.2. The number of pyridine rings is 2. The zero-order valence-corrected chi connectivity index (χ0v) is 19.4. The lowest BCUT2D eigenvalue weighted by Crippen LogP contribution is -2.33. The highest BCUT2D eigenvalue weighted by atomic mass is 28.4. The smallest absolute Gasteiger partial charge is 0.331 e. The summed E-state index contributed by atoms with van der Waals surface area (Å²) in [6.07, 6.45) is 7.68. The first-order valence-corrected chi connectivity index (χ1v) is 13.4. The number of carbonyl (C=O) groups excluding carboxylic acids is 2. The summed E-state index contributed by atoms with van der Waals surface area (Å²) in [5.74, 6) is 0.186. The van der Waals surface area contributed by atoms with Crippen LogP contribution in [-0.2, 0) is 8.85 Å². The van der Waals surface area contributed by atoms with Crippen LogP contribution in [0.25, 0.3) is 11.4 Å². The Morgan fingerprint density at radius 1 is 0.867 bits per heavy atom. The van der Waals surface area contributed by atoms with Crippen molar-refractivity contribution in [3.63, 3.8) is 0 Å². The van der Waals surface area contributed by atoms with Crippen LogP contribution < -0.4 is 0 Å². The number of hydrogen-bond acceptors (Lipinski definition) is 6. The second-order valence-corrected chi connectivity index (χ2v) is 11.2. The van der Waals surface area contributed by atoms with E-state index in [4.69, 9.17) is 8.85 Å². The van der Waals surface area contributed by atoms with E-state index in [-0.39, 0.29) is 11.6 Å². The Balaban J connectivity index is 1.85. The normalized spacial score (nSPS) is 11.5. The minimum atomic E-state index is -1.99. The van der Waals surface area contributed by atoms with Gasteiger partial charge < -0.3 is 8.85 Å². The summed E-state index contributed by atoms with van der Waals surface area (Å²) in [5.41, 5.74) is 2.58. The van der Waals surface area contributed by atoms with Crippen LogP contribution in [0.2, 0.25) is 13.1 Å². The molecule has 30 heavy (non-hydrogen) atoms. The van der Waals surface area contributed by atoms with Gasteiger partial charge in [0.25, 0.3) is 0 Å². The zero-order valence-electron chi connectivity index (χ0n) is 18.4. The van der Waals surface area contributed by atoms with Crippen LogP contribution in [0, 0.1) is 0 Å². The fourth-order valence-electron chi connectivity index (χ4n) is 2.81. The van der Waals surface area contributed by atoms with Crippen LogP contribution >= 0.6 is 0 Å². The van der Waals surface area contributed by atoms with E-state index in [2.05, 4.69) is 16.9 Å². The van der Waals surface area contributed by atoms with Gasteiger partial charge in [0.2, 0.25) is 0 Å². The van der Waals surface area contributed by atoms with Gasteiger partial charge >= 0.3 is 8.56 Å². The molecule has 0 aliphatic carbocycles. The number of hydrogen-bond donors (Lipinski definition) is 0. The molecule has 0 saturated heterocycles. The molecule has 0 fully saturated rings. The van der Waals surface area contributed by atoms with Crippen molar-refractivity contribution in [3.05, 3.63) is 47.8 Å². The van der Waals surface area contributed by atoms with Crippen molar-refractivity contribution in [2.45, 2.75) is 58.5 Å². The van der Waals surface area contributed by atoms with Crippen molar-refractivity contribution in [1.82, 2.24) is 9.97 Å². The van der Waals surface area contributed by atoms with Gasteiger partial charge in [-0.05, 0) is 56.6 Å². The number of rotatable bonds is 13. The van der Waals surface area contributed by atoms with E-state index in [1.165, 1.54) is 0 Å². The molecule has 0 unspecified atom stereocenters. The fourth-order valence-corrected chi connectivity index (χ4v) is 3.56. The van der Waals surface area contributed by atoms with E-state index >= 15 is 0 Å². The summed E-state index contributed by atoms with van der Waals surface area (Å²) in [7, 11) is -0.323. The van der Waals surface area contributed by atoms with Gasteiger partial charge in [0, 0.05) is 50.1 Å². The lowest BCUT2D eigenvalue weighted by Gasteiger charge is -2.19. The Morgan fingerprint density at radius 2 is 1.40 bits per heavy atom. The van der Waals surface area contributed by atoms with E-state index in [1.54, 1.807) is 43.8 Å². The first kappa shape index (κ1) is 24.1. The highest BCUT2D eigenvalue weighted by Gasteiger charge is 2.21. The van der Waals surface area contributed by atoms with Crippen LogP contribution in [0.5, 0.6) is 0 Å². The molecule has 7 heteroatoms. The third-order valence-corrected chi connectivity index (χ3v) is 6.81. The second kappa shape index (κ2) is 11.8. The maximum Gasteiger partial charge on any atom is 0.331 e. The Kier molecular flexibility index (Phi) is 9.49. The first-order valence-electron chi connectivity index (χ1n) is 10.5. The number of carbonyl (C=O) groups is 2. The SMILES string of the molecule is CCCCC(=O)c1ccc(-c2ccc(C(=O)CCCCO[Si](C)(C)OC)cn2)nc1. The van der Waals surface area contributed by atoms with Crippen molar-refractivity contribution in [2.75, 3.05) is 13.7 Å². The number of unbranched alkanes of at least 4 members (excludes halogenated alkanes) is 2. The van der Waals surface area contributed by atoms with Crippen molar-refractivity contribution in [2.24, 2.45) is 0 Å². The molecule has 2 rings (SSSR count). The monoisotopic (exact) mass is 428 g/mol. The third-order valence-electron chi connectivity index (χ3n) is 4.93. The average Bonchev–Trinajstić information content (AvgIpc) is 2.77. The van der Waals surface area contributed by atoms with Crippen LogP contribution in [-0.4, -0.2) is 43.8 Å².